The second-order valence-corrected chi connectivity index (χ2v) is 3.49. The van der Waals surface area contributed by atoms with Crippen LogP contribution in [0.3, 0.4) is 0 Å². The van der Waals surface area contributed by atoms with Gasteiger partial charge in [0, 0.05) is 24.0 Å². The second-order valence-electron chi connectivity index (χ2n) is 3.49. The summed E-state index contributed by atoms with van der Waals surface area (Å²) in [5.41, 5.74) is 0.964. The van der Waals surface area contributed by atoms with Crippen LogP contribution in [-0.2, 0) is 5.60 Å². The van der Waals surface area contributed by atoms with Gasteiger partial charge in [-0.1, -0.05) is 6.07 Å². The highest BCUT2D eigenvalue weighted by Gasteiger charge is 2.21. The topological polar surface area (TPSA) is 45.1 Å². The van der Waals surface area contributed by atoms with Crippen molar-refractivity contribution < 1.29 is 5.11 Å². The van der Waals surface area contributed by atoms with Crippen LogP contribution in [0.1, 0.15) is 18.2 Å². The summed E-state index contributed by atoms with van der Waals surface area (Å²) in [5, 5.41) is 12.9. The van der Waals surface area contributed by atoms with Crippen LogP contribution in [0.25, 0.3) is 0 Å². The monoisotopic (exact) mass is 180 g/mol. The molecule has 0 amide bonds. The van der Waals surface area contributed by atoms with Gasteiger partial charge in [0.25, 0.3) is 0 Å². The van der Waals surface area contributed by atoms with Crippen LogP contribution in [-0.4, -0.2) is 23.7 Å². The first-order valence-electron chi connectivity index (χ1n) is 4.36. The predicted molar refractivity (Wildman–Crippen MR) is 52.5 cm³/mol. The fraction of sp³-hybridized carbons (Fsp3) is 0.500. The molecule has 0 spiro atoms. The van der Waals surface area contributed by atoms with Crippen LogP contribution in [0.5, 0.6) is 0 Å². The number of aromatic nitrogens is 1. The van der Waals surface area contributed by atoms with Gasteiger partial charge in [-0.15, -0.1) is 0 Å². The number of rotatable bonds is 3. The summed E-state index contributed by atoms with van der Waals surface area (Å²) < 4.78 is 0. The van der Waals surface area contributed by atoms with Crippen molar-refractivity contribution in [2.45, 2.75) is 19.4 Å². The molecule has 0 aromatic carbocycles. The fourth-order valence-electron chi connectivity index (χ4n) is 1.23. The number of hydrogen-bond donors (Lipinski definition) is 2. The van der Waals surface area contributed by atoms with E-state index in [2.05, 4.69) is 10.3 Å². The Morgan fingerprint density at radius 1 is 1.54 bits per heavy atom. The van der Waals surface area contributed by atoms with E-state index in [1.165, 1.54) is 0 Å². The largest absolute Gasteiger partial charge is 0.384 e. The molecule has 0 saturated heterocycles. The molecule has 72 valence electrons. The minimum Gasteiger partial charge on any atom is -0.384 e. The first-order chi connectivity index (χ1) is 6.06. The summed E-state index contributed by atoms with van der Waals surface area (Å²) >= 11 is 0. The first-order valence-corrected chi connectivity index (χ1v) is 4.36. The van der Waals surface area contributed by atoms with E-state index in [4.69, 9.17) is 0 Å². The molecule has 1 aromatic heterocycles. The number of nitrogens with zero attached hydrogens (tertiary/aromatic N) is 1. The van der Waals surface area contributed by atoms with Crippen LogP contribution in [0, 0.1) is 6.92 Å². The molecule has 13 heavy (non-hydrogen) atoms. The Morgan fingerprint density at radius 3 is 2.69 bits per heavy atom. The Hall–Kier alpha value is -0.930. The van der Waals surface area contributed by atoms with Crippen molar-refractivity contribution in [1.29, 1.82) is 0 Å². The highest BCUT2D eigenvalue weighted by atomic mass is 16.3. The number of pyridine rings is 1. The molecule has 0 radical (unpaired) electrons. The Balaban J connectivity index is 2.87. The molecule has 1 unspecified atom stereocenters. The van der Waals surface area contributed by atoms with Gasteiger partial charge in [0.1, 0.15) is 5.60 Å². The van der Waals surface area contributed by atoms with Crippen molar-refractivity contribution in [1.82, 2.24) is 10.3 Å². The summed E-state index contributed by atoms with van der Waals surface area (Å²) in [4.78, 5) is 4.14. The van der Waals surface area contributed by atoms with Crippen molar-refractivity contribution in [3.8, 4) is 0 Å². The molecule has 0 fully saturated rings. The van der Waals surface area contributed by atoms with Crippen molar-refractivity contribution in [3.63, 3.8) is 0 Å². The average Bonchev–Trinajstić information content (AvgIpc) is 2.05. The molecule has 1 atom stereocenters. The lowest BCUT2D eigenvalue weighted by Gasteiger charge is -2.22. The van der Waals surface area contributed by atoms with Gasteiger partial charge >= 0.3 is 0 Å². The predicted octanol–water partition coefficient (Wildman–Crippen LogP) is 0.817. The second kappa shape index (κ2) is 3.85. The molecule has 2 N–H and O–H groups in total. The van der Waals surface area contributed by atoms with Crippen LogP contribution < -0.4 is 5.32 Å². The number of hydrogen-bond acceptors (Lipinski definition) is 3. The quantitative estimate of drug-likeness (QED) is 0.723. The number of nitrogens with one attached hydrogen (secondary N) is 1. The number of aliphatic hydroxyl groups is 1. The summed E-state index contributed by atoms with van der Waals surface area (Å²) in [7, 11) is 1.82. The fourth-order valence-corrected chi connectivity index (χ4v) is 1.23. The summed E-state index contributed by atoms with van der Waals surface area (Å²) in [5.74, 6) is 0. The number of aryl methyl sites for hydroxylation is 1. The zero-order valence-electron chi connectivity index (χ0n) is 8.33. The van der Waals surface area contributed by atoms with E-state index in [1.807, 2.05) is 26.1 Å². The summed E-state index contributed by atoms with van der Waals surface area (Å²) in [6.07, 6.45) is 1.71. The minimum atomic E-state index is -0.838. The van der Waals surface area contributed by atoms with Gasteiger partial charge in [0.15, 0.2) is 0 Å². The van der Waals surface area contributed by atoms with Gasteiger partial charge < -0.3 is 10.4 Å². The molecule has 1 aromatic rings. The third-order valence-corrected chi connectivity index (χ3v) is 2.05. The van der Waals surface area contributed by atoms with Gasteiger partial charge in [0.2, 0.25) is 0 Å². The van der Waals surface area contributed by atoms with Gasteiger partial charge in [-0.3, -0.25) is 4.98 Å². The molecule has 3 heteroatoms. The van der Waals surface area contributed by atoms with E-state index in [0.717, 1.165) is 11.3 Å². The average molecular weight is 180 g/mol. The summed E-state index contributed by atoms with van der Waals surface area (Å²) in [6.45, 7) is 4.23. The van der Waals surface area contributed by atoms with E-state index >= 15 is 0 Å². The van der Waals surface area contributed by atoms with Crippen LogP contribution >= 0.6 is 0 Å². The van der Waals surface area contributed by atoms with E-state index in [0.29, 0.717) is 6.54 Å². The Bertz CT molecular complexity index is 267. The molecular weight excluding hydrogens is 164 g/mol. The van der Waals surface area contributed by atoms with Crippen molar-refractivity contribution >= 4 is 0 Å². The Morgan fingerprint density at radius 2 is 2.23 bits per heavy atom. The van der Waals surface area contributed by atoms with Crippen molar-refractivity contribution in [3.05, 3.63) is 29.6 Å². The molecule has 0 aliphatic carbocycles. The van der Waals surface area contributed by atoms with Crippen LogP contribution in [0.2, 0.25) is 0 Å². The Kier molecular flexibility index (Phi) is 3.01. The maximum Gasteiger partial charge on any atom is 0.101 e. The van der Waals surface area contributed by atoms with E-state index in [9.17, 15) is 5.11 Å². The zero-order valence-corrected chi connectivity index (χ0v) is 8.33. The van der Waals surface area contributed by atoms with E-state index in [-0.39, 0.29) is 0 Å². The molecule has 0 bridgehead atoms. The maximum atomic E-state index is 9.97. The molecule has 1 rings (SSSR count). The van der Waals surface area contributed by atoms with Gasteiger partial charge in [-0.25, -0.2) is 0 Å². The lowest BCUT2D eigenvalue weighted by molar-refractivity contribution is 0.0588. The standard InChI is InChI=1S/C10H16N2O/c1-8-4-5-9(6-12-8)10(2,13)7-11-3/h4-6,11,13H,7H2,1-3H3. The molecule has 0 saturated carbocycles. The van der Waals surface area contributed by atoms with Crippen LogP contribution in [0.15, 0.2) is 18.3 Å². The third kappa shape index (κ3) is 2.50. The Labute approximate surface area is 78.8 Å². The molecular formula is C10H16N2O. The number of likely N-dealkylation sites (N-methyl/N-ethyl adjacent to an activating group) is 1. The molecule has 0 aliphatic rings. The van der Waals surface area contributed by atoms with Gasteiger partial charge in [-0.05, 0) is 27.0 Å². The highest BCUT2D eigenvalue weighted by molar-refractivity contribution is 5.20. The van der Waals surface area contributed by atoms with Gasteiger partial charge in [0.05, 0.1) is 0 Å². The highest BCUT2D eigenvalue weighted by Crippen LogP contribution is 2.18. The minimum absolute atomic E-state index is 0.526. The lowest BCUT2D eigenvalue weighted by atomic mass is 9.98. The summed E-state index contributed by atoms with van der Waals surface area (Å²) in [6, 6.07) is 3.80. The first kappa shape index (κ1) is 10.2. The van der Waals surface area contributed by atoms with E-state index in [1.54, 1.807) is 13.1 Å². The van der Waals surface area contributed by atoms with Gasteiger partial charge in [-0.2, -0.15) is 0 Å². The third-order valence-electron chi connectivity index (χ3n) is 2.05. The maximum absolute atomic E-state index is 9.97. The lowest BCUT2D eigenvalue weighted by Crippen LogP contribution is -2.33. The molecule has 1 heterocycles. The smallest absolute Gasteiger partial charge is 0.101 e. The SMILES string of the molecule is CNCC(C)(O)c1ccc(C)nc1. The van der Waals surface area contributed by atoms with Crippen molar-refractivity contribution in [2.75, 3.05) is 13.6 Å². The normalized spacial score (nSPS) is 15.4. The molecule has 0 aliphatic heterocycles. The van der Waals surface area contributed by atoms with Crippen LogP contribution in [0.4, 0.5) is 0 Å². The molecule has 3 nitrogen and oxygen atoms in total. The van der Waals surface area contributed by atoms with E-state index < -0.39 is 5.60 Å². The van der Waals surface area contributed by atoms with Crippen molar-refractivity contribution in [2.24, 2.45) is 0 Å². The zero-order chi connectivity index (χ0) is 9.90.